The number of nitrogens with zero attached hydrogens (tertiary/aromatic N) is 5. The van der Waals surface area contributed by atoms with E-state index in [-0.39, 0.29) is 5.82 Å². The number of hydrogen-bond acceptors (Lipinski definition) is 6. The molecular formula is C16H19FN6O. The molecule has 0 fully saturated rings. The van der Waals surface area contributed by atoms with Crippen molar-refractivity contribution in [2.24, 2.45) is 0 Å². The molecule has 0 aliphatic heterocycles. The third-order valence-corrected chi connectivity index (χ3v) is 3.54. The number of aliphatic hydroxyl groups is 1. The highest BCUT2D eigenvalue weighted by Gasteiger charge is 2.14. The molecule has 1 atom stereocenters. The first-order valence-electron chi connectivity index (χ1n) is 7.83. The average molecular weight is 330 g/mol. The topological polar surface area (TPSA) is 88.8 Å². The summed E-state index contributed by atoms with van der Waals surface area (Å²) in [5, 5.41) is 20.8. The maximum atomic E-state index is 13.0. The lowest BCUT2D eigenvalue weighted by molar-refractivity contribution is 0.208. The maximum absolute atomic E-state index is 13.0. The molecule has 0 spiro atoms. The van der Waals surface area contributed by atoms with Crippen molar-refractivity contribution in [2.45, 2.75) is 32.9 Å². The second-order valence-corrected chi connectivity index (χ2v) is 5.62. The summed E-state index contributed by atoms with van der Waals surface area (Å²) < 4.78 is 14.7. The van der Waals surface area contributed by atoms with Gasteiger partial charge in [0, 0.05) is 13.0 Å². The van der Waals surface area contributed by atoms with Crippen LogP contribution in [0.25, 0.3) is 11.2 Å². The molecule has 0 radical (unpaired) electrons. The molecule has 0 aliphatic carbocycles. The number of halogens is 1. The van der Waals surface area contributed by atoms with E-state index in [1.807, 2.05) is 6.92 Å². The van der Waals surface area contributed by atoms with Crippen molar-refractivity contribution in [3.05, 3.63) is 41.5 Å². The monoisotopic (exact) mass is 330 g/mol. The maximum Gasteiger partial charge on any atom is 0.184 e. The fourth-order valence-corrected chi connectivity index (χ4v) is 2.30. The Labute approximate surface area is 138 Å². The lowest BCUT2D eigenvalue weighted by Crippen LogP contribution is -2.17. The number of anilines is 1. The van der Waals surface area contributed by atoms with E-state index in [0.717, 1.165) is 5.56 Å². The minimum Gasteiger partial charge on any atom is -0.392 e. The molecule has 0 aliphatic rings. The molecule has 24 heavy (non-hydrogen) atoms. The van der Waals surface area contributed by atoms with Gasteiger partial charge in [-0.3, -0.25) is 0 Å². The van der Waals surface area contributed by atoms with E-state index in [9.17, 15) is 9.50 Å². The van der Waals surface area contributed by atoms with Crippen LogP contribution in [0.15, 0.2) is 24.3 Å². The van der Waals surface area contributed by atoms with Crippen LogP contribution in [0, 0.1) is 5.82 Å². The Balaban J connectivity index is 1.97. The van der Waals surface area contributed by atoms with Crippen LogP contribution in [0.4, 0.5) is 10.2 Å². The largest absolute Gasteiger partial charge is 0.392 e. The highest BCUT2D eigenvalue weighted by atomic mass is 19.1. The Morgan fingerprint density at radius 2 is 2.00 bits per heavy atom. The summed E-state index contributed by atoms with van der Waals surface area (Å²) in [6.45, 7) is 4.46. The summed E-state index contributed by atoms with van der Waals surface area (Å²) >= 11 is 0. The molecule has 0 unspecified atom stereocenters. The van der Waals surface area contributed by atoms with Crippen molar-refractivity contribution in [1.82, 2.24) is 25.0 Å². The van der Waals surface area contributed by atoms with E-state index in [4.69, 9.17) is 0 Å². The summed E-state index contributed by atoms with van der Waals surface area (Å²) in [6.07, 6.45) is 0.162. The van der Waals surface area contributed by atoms with Gasteiger partial charge in [0.2, 0.25) is 0 Å². The molecule has 7 nitrogen and oxygen atoms in total. The molecule has 0 bridgehead atoms. The average Bonchev–Trinajstić information content (AvgIpc) is 2.97. The number of aromatic nitrogens is 5. The number of aryl methyl sites for hydroxylation is 1. The number of aliphatic hydroxyl groups excluding tert-OH is 1. The molecule has 0 saturated heterocycles. The van der Waals surface area contributed by atoms with Crippen LogP contribution in [0.1, 0.15) is 25.2 Å². The zero-order valence-electron chi connectivity index (χ0n) is 13.6. The Morgan fingerprint density at radius 1 is 1.25 bits per heavy atom. The first kappa shape index (κ1) is 16.3. The van der Waals surface area contributed by atoms with Crippen LogP contribution in [0.3, 0.4) is 0 Å². The minimum atomic E-state index is -0.505. The van der Waals surface area contributed by atoms with Gasteiger partial charge in [0.25, 0.3) is 0 Å². The lowest BCUT2D eigenvalue weighted by atomic mass is 10.2. The highest BCUT2D eigenvalue weighted by molar-refractivity contribution is 5.82. The van der Waals surface area contributed by atoms with E-state index in [0.29, 0.717) is 42.3 Å². The van der Waals surface area contributed by atoms with Crippen LogP contribution < -0.4 is 5.32 Å². The Bertz CT molecular complexity index is 830. The van der Waals surface area contributed by atoms with Crippen molar-refractivity contribution >= 4 is 17.0 Å². The molecule has 2 N–H and O–H groups in total. The van der Waals surface area contributed by atoms with Crippen molar-refractivity contribution < 1.29 is 9.50 Å². The Morgan fingerprint density at radius 3 is 2.67 bits per heavy atom. The second kappa shape index (κ2) is 6.88. The van der Waals surface area contributed by atoms with Crippen molar-refractivity contribution in [3.8, 4) is 0 Å². The summed E-state index contributed by atoms with van der Waals surface area (Å²) in [7, 11) is 0. The molecule has 0 amide bonds. The van der Waals surface area contributed by atoms with Gasteiger partial charge in [-0.2, -0.15) is 0 Å². The standard InChI is InChI=1S/C16H19FN6O/c1-3-13-19-15(18-8-10(2)24)14-16(20-13)23(22-21-14)9-11-4-6-12(17)7-5-11/h4-7,10,24H,3,8-9H2,1-2H3,(H,18,19,20)/t10-/m1/s1. The molecule has 0 saturated carbocycles. The molecular weight excluding hydrogens is 311 g/mol. The van der Waals surface area contributed by atoms with E-state index >= 15 is 0 Å². The molecule has 2 aromatic heterocycles. The van der Waals surface area contributed by atoms with E-state index < -0.39 is 6.10 Å². The van der Waals surface area contributed by atoms with E-state index in [1.165, 1.54) is 12.1 Å². The van der Waals surface area contributed by atoms with E-state index in [1.54, 1.807) is 23.7 Å². The van der Waals surface area contributed by atoms with E-state index in [2.05, 4.69) is 25.6 Å². The van der Waals surface area contributed by atoms with Gasteiger partial charge in [0.05, 0.1) is 12.6 Å². The van der Waals surface area contributed by atoms with Crippen LogP contribution in [-0.4, -0.2) is 42.7 Å². The third kappa shape index (κ3) is 3.48. The lowest BCUT2D eigenvalue weighted by Gasteiger charge is -2.09. The van der Waals surface area contributed by atoms with Gasteiger partial charge in [-0.05, 0) is 24.6 Å². The number of benzene rings is 1. The van der Waals surface area contributed by atoms with Gasteiger partial charge in [-0.15, -0.1) is 5.10 Å². The van der Waals surface area contributed by atoms with Crippen molar-refractivity contribution in [1.29, 1.82) is 0 Å². The first-order chi connectivity index (χ1) is 11.6. The number of nitrogens with one attached hydrogen (secondary N) is 1. The van der Waals surface area contributed by atoms with Gasteiger partial charge in [0.15, 0.2) is 17.0 Å². The molecule has 1 aromatic carbocycles. The fraction of sp³-hybridized carbons (Fsp3) is 0.375. The van der Waals surface area contributed by atoms with Gasteiger partial charge in [0.1, 0.15) is 11.6 Å². The Hall–Kier alpha value is -2.61. The van der Waals surface area contributed by atoms with Crippen LogP contribution in [-0.2, 0) is 13.0 Å². The first-order valence-corrected chi connectivity index (χ1v) is 7.83. The SMILES string of the molecule is CCc1nc(NC[C@@H](C)O)c2nnn(Cc3ccc(F)cc3)c2n1. The smallest absolute Gasteiger partial charge is 0.184 e. The van der Waals surface area contributed by atoms with Gasteiger partial charge < -0.3 is 10.4 Å². The summed E-state index contributed by atoms with van der Waals surface area (Å²) in [5.74, 6) is 0.948. The van der Waals surface area contributed by atoms with Crippen molar-refractivity contribution in [3.63, 3.8) is 0 Å². The molecule has 8 heteroatoms. The zero-order valence-corrected chi connectivity index (χ0v) is 13.6. The molecule has 3 aromatic rings. The summed E-state index contributed by atoms with van der Waals surface area (Å²) in [5.41, 5.74) is 2.06. The van der Waals surface area contributed by atoms with Crippen LogP contribution >= 0.6 is 0 Å². The summed E-state index contributed by atoms with van der Waals surface area (Å²) in [4.78, 5) is 8.93. The van der Waals surface area contributed by atoms with Gasteiger partial charge >= 0.3 is 0 Å². The Kier molecular flexibility index (Phi) is 4.66. The second-order valence-electron chi connectivity index (χ2n) is 5.62. The fourth-order valence-electron chi connectivity index (χ4n) is 2.30. The van der Waals surface area contributed by atoms with Crippen LogP contribution in [0.2, 0.25) is 0 Å². The number of fused-ring (bicyclic) bond motifs is 1. The normalized spacial score (nSPS) is 12.5. The molecule has 126 valence electrons. The predicted octanol–water partition coefficient (Wildman–Crippen LogP) is 1.76. The molecule has 2 heterocycles. The quantitative estimate of drug-likeness (QED) is 0.716. The summed E-state index contributed by atoms with van der Waals surface area (Å²) in [6, 6.07) is 6.24. The predicted molar refractivity (Wildman–Crippen MR) is 88.2 cm³/mol. The van der Waals surface area contributed by atoms with Gasteiger partial charge in [-0.1, -0.05) is 24.3 Å². The van der Waals surface area contributed by atoms with Gasteiger partial charge in [-0.25, -0.2) is 19.0 Å². The highest BCUT2D eigenvalue weighted by Crippen LogP contribution is 2.19. The number of rotatable bonds is 6. The number of hydrogen-bond donors (Lipinski definition) is 2. The minimum absolute atomic E-state index is 0.276. The third-order valence-electron chi connectivity index (χ3n) is 3.54. The molecule has 3 rings (SSSR count). The zero-order chi connectivity index (χ0) is 17.1. The van der Waals surface area contributed by atoms with Crippen molar-refractivity contribution in [2.75, 3.05) is 11.9 Å². The van der Waals surface area contributed by atoms with Crippen LogP contribution in [0.5, 0.6) is 0 Å².